The highest BCUT2D eigenvalue weighted by molar-refractivity contribution is 6.09. The third kappa shape index (κ3) is 2.29. The zero-order valence-corrected chi connectivity index (χ0v) is 11.2. The molecule has 0 amide bonds. The van der Waals surface area contributed by atoms with Crippen molar-refractivity contribution in [2.45, 2.75) is 0 Å². The number of benzene rings is 1. The predicted molar refractivity (Wildman–Crippen MR) is 72.4 cm³/mol. The summed E-state index contributed by atoms with van der Waals surface area (Å²) in [5.74, 6) is -3.10. The Bertz CT molecular complexity index is 1010. The monoisotopic (exact) mass is 311 g/mol. The number of carboxylic acid groups (broad SMARTS) is 2. The number of non-ortho nitro benzene ring substituents is 1. The van der Waals surface area contributed by atoms with Crippen LogP contribution in [0.5, 0.6) is 0 Å². The van der Waals surface area contributed by atoms with Gasteiger partial charge in [-0.25, -0.2) is 9.97 Å². The summed E-state index contributed by atoms with van der Waals surface area (Å²) in [7, 11) is 0. The molecular formula is C14H5N3O6-2. The first kappa shape index (κ1) is 14.3. The molecule has 0 saturated heterocycles. The summed E-state index contributed by atoms with van der Waals surface area (Å²) in [4.78, 5) is 40.0. The molecule has 3 aromatic rings. The van der Waals surface area contributed by atoms with Gasteiger partial charge in [0.1, 0.15) is 5.52 Å². The van der Waals surface area contributed by atoms with Gasteiger partial charge in [-0.05, 0) is 18.2 Å². The summed E-state index contributed by atoms with van der Waals surface area (Å²) in [6, 6.07) is 5.94. The lowest BCUT2D eigenvalue weighted by molar-refractivity contribution is -0.382. The summed E-state index contributed by atoms with van der Waals surface area (Å²) >= 11 is 0. The lowest BCUT2D eigenvalue weighted by Gasteiger charge is -2.09. The molecule has 2 heterocycles. The third-order valence-corrected chi connectivity index (χ3v) is 3.23. The molecule has 2 aromatic heterocycles. The lowest BCUT2D eigenvalue weighted by Crippen LogP contribution is -2.24. The van der Waals surface area contributed by atoms with E-state index in [9.17, 15) is 29.9 Å². The fraction of sp³-hybridized carbons (Fsp3) is 0. The van der Waals surface area contributed by atoms with E-state index in [1.165, 1.54) is 18.2 Å². The van der Waals surface area contributed by atoms with Gasteiger partial charge in [-0.1, -0.05) is 6.07 Å². The van der Waals surface area contributed by atoms with Crippen molar-refractivity contribution in [2.75, 3.05) is 0 Å². The molecule has 114 valence electrons. The first-order chi connectivity index (χ1) is 10.9. The molecule has 0 fully saturated rings. The highest BCUT2D eigenvalue weighted by Crippen LogP contribution is 2.31. The van der Waals surface area contributed by atoms with Crippen molar-refractivity contribution in [1.29, 1.82) is 0 Å². The number of carbonyl (C=O) groups excluding carboxylic acids is 2. The van der Waals surface area contributed by atoms with Crippen molar-refractivity contribution in [1.82, 2.24) is 9.97 Å². The zero-order chi connectivity index (χ0) is 16.7. The lowest BCUT2D eigenvalue weighted by atomic mass is 10.1. The Morgan fingerprint density at radius 1 is 0.913 bits per heavy atom. The summed E-state index contributed by atoms with van der Waals surface area (Å²) in [5, 5.41) is 33.3. The predicted octanol–water partition coefficient (Wildman–Crippen LogP) is -0.582. The molecule has 0 aliphatic carbocycles. The number of carboxylic acids is 2. The largest absolute Gasteiger partial charge is 0.543 e. The second kappa shape index (κ2) is 4.98. The Kier molecular flexibility index (Phi) is 3.10. The number of fused-ring (bicyclic) bond motifs is 3. The van der Waals surface area contributed by atoms with E-state index in [1.807, 2.05) is 0 Å². The first-order valence-electron chi connectivity index (χ1n) is 6.20. The van der Waals surface area contributed by atoms with Crippen molar-refractivity contribution in [2.24, 2.45) is 0 Å². The van der Waals surface area contributed by atoms with Crippen molar-refractivity contribution in [3.63, 3.8) is 0 Å². The molecule has 9 heteroatoms. The fourth-order valence-corrected chi connectivity index (χ4v) is 2.23. The Morgan fingerprint density at radius 2 is 1.48 bits per heavy atom. The molecule has 1 aromatic carbocycles. The van der Waals surface area contributed by atoms with Crippen molar-refractivity contribution in [3.05, 3.63) is 51.8 Å². The van der Waals surface area contributed by atoms with Gasteiger partial charge in [0.25, 0.3) is 5.69 Å². The highest BCUT2D eigenvalue weighted by atomic mass is 16.6. The van der Waals surface area contributed by atoms with Gasteiger partial charge in [0, 0.05) is 11.5 Å². The van der Waals surface area contributed by atoms with Gasteiger partial charge in [-0.2, -0.15) is 0 Å². The molecule has 0 aliphatic rings. The van der Waals surface area contributed by atoms with Gasteiger partial charge in [-0.3, -0.25) is 10.1 Å². The topological polar surface area (TPSA) is 149 Å². The number of nitro benzene ring substituents is 1. The molecule has 0 N–H and O–H groups in total. The van der Waals surface area contributed by atoms with Crippen molar-refractivity contribution >= 4 is 39.4 Å². The van der Waals surface area contributed by atoms with Crippen LogP contribution in [0.15, 0.2) is 30.3 Å². The minimum absolute atomic E-state index is 0.0235. The number of carbonyl (C=O) groups is 2. The number of pyridine rings is 2. The molecule has 23 heavy (non-hydrogen) atoms. The highest BCUT2D eigenvalue weighted by Gasteiger charge is 2.18. The van der Waals surface area contributed by atoms with Gasteiger partial charge in [0.2, 0.25) is 0 Å². The number of hydrogen-bond acceptors (Lipinski definition) is 8. The first-order valence-corrected chi connectivity index (χ1v) is 6.20. The second-order valence-electron chi connectivity index (χ2n) is 4.59. The maximum absolute atomic E-state index is 11.2. The fourth-order valence-electron chi connectivity index (χ4n) is 2.23. The van der Waals surface area contributed by atoms with Crippen molar-refractivity contribution in [3.8, 4) is 0 Å². The smallest absolute Gasteiger partial charge is 0.279 e. The van der Waals surface area contributed by atoms with Crippen LogP contribution in [0.1, 0.15) is 21.0 Å². The molecule has 0 atom stereocenters. The zero-order valence-electron chi connectivity index (χ0n) is 11.2. The molecule has 0 saturated carbocycles. The standard InChI is InChI=1S/C14H7N3O6/c18-13(19)8-3-1-6-5-10(17(22)23)7-2-4-9(14(20)21)16-12(7)11(6)15-8/h1-5H,(H,18,19)(H,20,21)/p-2. The van der Waals surface area contributed by atoms with Crippen molar-refractivity contribution < 1.29 is 24.7 Å². The van der Waals surface area contributed by atoms with Crippen LogP contribution in [0.25, 0.3) is 21.8 Å². The van der Waals surface area contributed by atoms with Crippen LogP contribution in [0.3, 0.4) is 0 Å². The molecule has 0 aliphatic heterocycles. The average molecular weight is 311 g/mol. The summed E-state index contributed by atoms with van der Waals surface area (Å²) < 4.78 is 0. The van der Waals surface area contributed by atoms with Crippen LogP contribution in [-0.4, -0.2) is 26.8 Å². The molecular weight excluding hydrogens is 306 g/mol. The van der Waals surface area contributed by atoms with Crippen LogP contribution in [0.4, 0.5) is 5.69 Å². The van der Waals surface area contributed by atoms with E-state index in [2.05, 4.69) is 9.97 Å². The van der Waals surface area contributed by atoms with E-state index in [0.29, 0.717) is 0 Å². The van der Waals surface area contributed by atoms with Crippen LogP contribution in [0, 0.1) is 10.1 Å². The number of rotatable bonds is 3. The molecule has 9 nitrogen and oxygen atoms in total. The Morgan fingerprint density at radius 3 is 2.04 bits per heavy atom. The third-order valence-electron chi connectivity index (χ3n) is 3.23. The minimum Gasteiger partial charge on any atom is -0.543 e. The average Bonchev–Trinajstić information content (AvgIpc) is 2.52. The Hall–Kier alpha value is -3.62. The maximum Gasteiger partial charge on any atom is 0.279 e. The molecule has 0 unspecified atom stereocenters. The normalized spacial score (nSPS) is 10.8. The Labute approximate surface area is 127 Å². The van der Waals surface area contributed by atoms with E-state index in [0.717, 1.165) is 12.1 Å². The van der Waals surface area contributed by atoms with Gasteiger partial charge in [0.05, 0.1) is 39.2 Å². The van der Waals surface area contributed by atoms with Crippen LogP contribution in [0.2, 0.25) is 0 Å². The molecule has 0 spiro atoms. The van der Waals surface area contributed by atoms with E-state index in [4.69, 9.17) is 0 Å². The summed E-state index contributed by atoms with van der Waals surface area (Å²) in [6.45, 7) is 0. The summed E-state index contributed by atoms with van der Waals surface area (Å²) in [5.41, 5.74) is -1.21. The number of nitrogens with zero attached hydrogens (tertiary/aromatic N) is 3. The summed E-state index contributed by atoms with van der Waals surface area (Å²) in [6.07, 6.45) is 0. The number of aromatic nitrogens is 2. The van der Waals surface area contributed by atoms with Crippen LogP contribution >= 0.6 is 0 Å². The van der Waals surface area contributed by atoms with E-state index in [1.54, 1.807) is 0 Å². The van der Waals surface area contributed by atoms with Crippen LogP contribution < -0.4 is 10.2 Å². The number of aromatic carboxylic acids is 2. The minimum atomic E-state index is -1.57. The van der Waals surface area contributed by atoms with Crippen LogP contribution in [-0.2, 0) is 0 Å². The van der Waals surface area contributed by atoms with Gasteiger partial charge >= 0.3 is 0 Å². The van der Waals surface area contributed by atoms with E-state index >= 15 is 0 Å². The number of nitro groups is 1. The Balaban J connectivity index is 2.51. The maximum atomic E-state index is 11.2. The number of hydrogen-bond donors (Lipinski definition) is 0. The molecule has 0 radical (unpaired) electrons. The van der Waals surface area contributed by atoms with E-state index < -0.39 is 28.2 Å². The molecule has 3 rings (SSSR count). The molecule has 0 bridgehead atoms. The second-order valence-corrected chi connectivity index (χ2v) is 4.59. The van der Waals surface area contributed by atoms with Gasteiger partial charge in [-0.15, -0.1) is 0 Å². The van der Waals surface area contributed by atoms with Gasteiger partial charge in [0.15, 0.2) is 0 Å². The van der Waals surface area contributed by atoms with E-state index in [-0.39, 0.29) is 27.5 Å². The van der Waals surface area contributed by atoms with Gasteiger partial charge < -0.3 is 19.8 Å². The SMILES string of the molecule is O=C([O-])c1ccc2cc([N+](=O)[O-])c3ccc(C(=O)[O-])nc3c2n1. The quantitative estimate of drug-likeness (QED) is 0.354.